The van der Waals surface area contributed by atoms with E-state index in [0.29, 0.717) is 10.7 Å². The Labute approximate surface area is 117 Å². The molecule has 2 nitrogen and oxygen atoms in total. The van der Waals surface area contributed by atoms with Gasteiger partial charge in [-0.25, -0.2) is 9.37 Å². The molecule has 2 aromatic rings. The van der Waals surface area contributed by atoms with Gasteiger partial charge < -0.3 is 5.32 Å². The van der Waals surface area contributed by atoms with E-state index in [1.807, 2.05) is 26.0 Å². The molecular formula is C15H16ClFN2. The first-order valence-corrected chi connectivity index (χ1v) is 6.63. The maximum Gasteiger partial charge on any atom is 0.129 e. The van der Waals surface area contributed by atoms with Crippen molar-refractivity contribution in [3.63, 3.8) is 0 Å². The van der Waals surface area contributed by atoms with Gasteiger partial charge in [0.1, 0.15) is 11.0 Å². The fourth-order valence-corrected chi connectivity index (χ4v) is 2.22. The second-order valence-corrected chi connectivity index (χ2v) is 4.78. The minimum Gasteiger partial charge on any atom is -0.377 e. The Morgan fingerprint density at radius 3 is 2.63 bits per heavy atom. The van der Waals surface area contributed by atoms with Gasteiger partial charge in [0.15, 0.2) is 0 Å². The lowest BCUT2D eigenvalue weighted by atomic mass is 10.0. The summed E-state index contributed by atoms with van der Waals surface area (Å²) in [5, 5.41) is 3.78. The Balaban J connectivity index is 2.27. The molecule has 0 aliphatic heterocycles. The Hall–Kier alpha value is -1.61. The Bertz CT molecular complexity index is 572. The Morgan fingerprint density at radius 2 is 2.00 bits per heavy atom. The molecule has 100 valence electrons. The molecule has 0 radical (unpaired) electrons. The molecule has 0 spiro atoms. The number of rotatable bonds is 4. The molecule has 1 aromatic carbocycles. The van der Waals surface area contributed by atoms with E-state index in [-0.39, 0.29) is 11.9 Å². The second-order valence-electron chi connectivity index (χ2n) is 4.39. The fourth-order valence-electron chi connectivity index (χ4n) is 2.03. The molecular weight excluding hydrogens is 263 g/mol. The summed E-state index contributed by atoms with van der Waals surface area (Å²) in [6.07, 6.45) is 0.781. The zero-order valence-electron chi connectivity index (χ0n) is 11.0. The Kier molecular flexibility index (Phi) is 4.38. The summed E-state index contributed by atoms with van der Waals surface area (Å²) in [7, 11) is 0. The van der Waals surface area contributed by atoms with Gasteiger partial charge in [-0.1, -0.05) is 36.7 Å². The van der Waals surface area contributed by atoms with Crippen molar-refractivity contribution in [2.45, 2.75) is 26.3 Å². The third kappa shape index (κ3) is 3.24. The van der Waals surface area contributed by atoms with E-state index in [9.17, 15) is 4.39 Å². The van der Waals surface area contributed by atoms with Gasteiger partial charge in [0.2, 0.25) is 0 Å². The van der Waals surface area contributed by atoms with Crippen LogP contribution in [0.5, 0.6) is 0 Å². The van der Waals surface area contributed by atoms with Gasteiger partial charge in [-0.15, -0.1) is 0 Å². The predicted molar refractivity (Wildman–Crippen MR) is 77.0 cm³/mol. The van der Waals surface area contributed by atoms with Crippen molar-refractivity contribution in [3.8, 4) is 0 Å². The molecule has 0 amide bonds. The minimum atomic E-state index is -0.193. The maximum atomic E-state index is 13.8. The van der Waals surface area contributed by atoms with Crippen molar-refractivity contribution < 1.29 is 4.39 Å². The number of hydrogen-bond acceptors (Lipinski definition) is 2. The normalized spacial score (nSPS) is 12.2. The standard InChI is InChI=1S/C15H16ClFN2/c1-3-13(11-6-4-5-7-12(11)17)19-14-8-9-15(16)18-10(14)2/h4-9,13,19H,3H2,1-2H3. The first kappa shape index (κ1) is 13.8. The lowest BCUT2D eigenvalue weighted by Gasteiger charge is -2.20. The number of anilines is 1. The summed E-state index contributed by atoms with van der Waals surface area (Å²) in [6.45, 7) is 3.89. The molecule has 0 saturated carbocycles. The number of benzene rings is 1. The molecule has 4 heteroatoms. The fraction of sp³-hybridized carbons (Fsp3) is 0.267. The molecule has 0 saturated heterocycles. The SMILES string of the molecule is CCC(Nc1ccc(Cl)nc1C)c1ccccc1F. The maximum absolute atomic E-state index is 13.8. The molecule has 19 heavy (non-hydrogen) atoms. The van der Waals surface area contributed by atoms with Crippen LogP contribution < -0.4 is 5.32 Å². The van der Waals surface area contributed by atoms with Gasteiger partial charge in [-0.3, -0.25) is 0 Å². The zero-order chi connectivity index (χ0) is 13.8. The highest BCUT2D eigenvalue weighted by molar-refractivity contribution is 6.29. The van der Waals surface area contributed by atoms with Crippen molar-refractivity contribution in [1.29, 1.82) is 0 Å². The van der Waals surface area contributed by atoms with Crippen molar-refractivity contribution in [1.82, 2.24) is 4.98 Å². The van der Waals surface area contributed by atoms with Crippen LogP contribution >= 0.6 is 11.6 Å². The van der Waals surface area contributed by atoms with Crippen LogP contribution in [-0.4, -0.2) is 4.98 Å². The number of aryl methyl sites for hydroxylation is 1. The van der Waals surface area contributed by atoms with Crippen LogP contribution in [0.2, 0.25) is 5.15 Å². The van der Waals surface area contributed by atoms with E-state index in [2.05, 4.69) is 10.3 Å². The van der Waals surface area contributed by atoms with Crippen molar-refractivity contribution in [2.24, 2.45) is 0 Å². The van der Waals surface area contributed by atoms with Gasteiger partial charge >= 0.3 is 0 Å². The van der Waals surface area contributed by atoms with E-state index in [4.69, 9.17) is 11.6 Å². The van der Waals surface area contributed by atoms with Gasteiger partial charge in [-0.05, 0) is 31.5 Å². The van der Waals surface area contributed by atoms with E-state index in [0.717, 1.165) is 17.8 Å². The van der Waals surface area contributed by atoms with Crippen LogP contribution in [0, 0.1) is 12.7 Å². The monoisotopic (exact) mass is 278 g/mol. The van der Waals surface area contributed by atoms with Crippen molar-refractivity contribution >= 4 is 17.3 Å². The van der Waals surface area contributed by atoms with Crippen LogP contribution in [-0.2, 0) is 0 Å². The average molecular weight is 279 g/mol. The molecule has 1 atom stereocenters. The second kappa shape index (κ2) is 6.02. The number of hydrogen-bond donors (Lipinski definition) is 1. The van der Waals surface area contributed by atoms with E-state index in [1.165, 1.54) is 6.07 Å². The van der Waals surface area contributed by atoms with Gasteiger partial charge in [-0.2, -0.15) is 0 Å². The summed E-state index contributed by atoms with van der Waals surface area (Å²) >= 11 is 5.83. The molecule has 2 rings (SSSR count). The van der Waals surface area contributed by atoms with Crippen LogP contribution in [0.4, 0.5) is 10.1 Å². The van der Waals surface area contributed by atoms with Crippen molar-refractivity contribution in [2.75, 3.05) is 5.32 Å². The van der Waals surface area contributed by atoms with Crippen LogP contribution in [0.1, 0.15) is 30.6 Å². The lowest BCUT2D eigenvalue weighted by Crippen LogP contribution is -2.12. The predicted octanol–water partition coefficient (Wildman–Crippen LogP) is 4.75. The molecule has 1 heterocycles. The van der Waals surface area contributed by atoms with Crippen LogP contribution in [0.15, 0.2) is 36.4 Å². The van der Waals surface area contributed by atoms with Crippen molar-refractivity contribution in [3.05, 3.63) is 58.6 Å². The van der Waals surface area contributed by atoms with E-state index in [1.54, 1.807) is 18.2 Å². The third-order valence-electron chi connectivity index (χ3n) is 3.07. The lowest BCUT2D eigenvalue weighted by molar-refractivity contribution is 0.587. The average Bonchev–Trinajstić information content (AvgIpc) is 2.39. The number of aromatic nitrogens is 1. The number of nitrogens with zero attached hydrogens (tertiary/aromatic N) is 1. The largest absolute Gasteiger partial charge is 0.377 e. The summed E-state index contributed by atoms with van der Waals surface area (Å²) in [4.78, 5) is 4.19. The summed E-state index contributed by atoms with van der Waals surface area (Å²) in [5.41, 5.74) is 2.35. The number of nitrogens with one attached hydrogen (secondary N) is 1. The molecule has 0 aliphatic carbocycles. The van der Waals surface area contributed by atoms with Gasteiger partial charge in [0.05, 0.1) is 17.4 Å². The van der Waals surface area contributed by atoms with Crippen LogP contribution in [0.3, 0.4) is 0 Å². The molecule has 1 unspecified atom stereocenters. The highest BCUT2D eigenvalue weighted by Gasteiger charge is 2.14. The van der Waals surface area contributed by atoms with E-state index < -0.39 is 0 Å². The quantitative estimate of drug-likeness (QED) is 0.817. The number of pyridine rings is 1. The molecule has 0 fully saturated rings. The highest BCUT2D eigenvalue weighted by Crippen LogP contribution is 2.26. The summed E-state index contributed by atoms with van der Waals surface area (Å²) in [5.74, 6) is -0.193. The summed E-state index contributed by atoms with van der Waals surface area (Å²) < 4.78 is 13.8. The third-order valence-corrected chi connectivity index (χ3v) is 3.28. The smallest absolute Gasteiger partial charge is 0.129 e. The summed E-state index contributed by atoms with van der Waals surface area (Å²) in [6, 6.07) is 10.3. The molecule has 0 bridgehead atoms. The molecule has 0 aliphatic rings. The molecule has 1 N–H and O–H groups in total. The minimum absolute atomic E-state index is 0.0807. The van der Waals surface area contributed by atoms with E-state index >= 15 is 0 Å². The Morgan fingerprint density at radius 1 is 1.26 bits per heavy atom. The van der Waals surface area contributed by atoms with Gasteiger partial charge in [0.25, 0.3) is 0 Å². The zero-order valence-corrected chi connectivity index (χ0v) is 11.7. The van der Waals surface area contributed by atoms with Gasteiger partial charge in [0, 0.05) is 5.56 Å². The molecule has 1 aromatic heterocycles. The van der Waals surface area contributed by atoms with Crippen LogP contribution in [0.25, 0.3) is 0 Å². The first-order chi connectivity index (χ1) is 9.11. The number of halogens is 2. The first-order valence-electron chi connectivity index (χ1n) is 6.26. The topological polar surface area (TPSA) is 24.9 Å². The highest BCUT2D eigenvalue weighted by atomic mass is 35.5.